The Morgan fingerprint density at radius 1 is 1.24 bits per heavy atom. The topological polar surface area (TPSA) is 12.0 Å². The highest BCUT2D eigenvalue weighted by Crippen LogP contribution is 2.29. The Morgan fingerprint density at radius 2 is 2.00 bits per heavy atom. The molecule has 0 aromatic heterocycles. The molecule has 0 fully saturated rings. The van der Waals surface area contributed by atoms with Gasteiger partial charge in [0.05, 0.1) is 0 Å². The lowest BCUT2D eigenvalue weighted by molar-refractivity contribution is 0.543. The zero-order valence-electron chi connectivity index (χ0n) is 12.1. The fraction of sp³-hybridized carbons (Fsp3) is 0.294. The Balaban J connectivity index is 2.35. The van der Waals surface area contributed by atoms with Crippen molar-refractivity contribution < 1.29 is 4.39 Å². The van der Waals surface area contributed by atoms with Crippen LogP contribution in [0.15, 0.2) is 40.9 Å². The summed E-state index contributed by atoms with van der Waals surface area (Å²) in [5.41, 5.74) is 3.39. The average Bonchev–Trinajstić information content (AvgIpc) is 2.45. The van der Waals surface area contributed by atoms with Crippen molar-refractivity contribution in [2.24, 2.45) is 0 Å². The number of halogens is 3. The fourth-order valence-electron chi connectivity index (χ4n) is 2.40. The zero-order valence-corrected chi connectivity index (χ0v) is 15.8. The molecule has 2 rings (SSSR count). The van der Waals surface area contributed by atoms with E-state index in [1.165, 1.54) is 15.2 Å². The van der Waals surface area contributed by atoms with E-state index in [0.29, 0.717) is 0 Å². The predicted octanol–water partition coefficient (Wildman–Crippen LogP) is 5.39. The van der Waals surface area contributed by atoms with Crippen molar-refractivity contribution in [3.8, 4) is 0 Å². The molecule has 0 spiro atoms. The second kappa shape index (κ2) is 7.70. The quantitative estimate of drug-likeness (QED) is 0.588. The molecule has 1 nitrogen and oxygen atoms in total. The first-order chi connectivity index (χ1) is 10.0. The normalized spacial score (nSPS) is 12.4. The van der Waals surface area contributed by atoms with Gasteiger partial charge in [0.15, 0.2) is 0 Å². The van der Waals surface area contributed by atoms with Gasteiger partial charge in [0.25, 0.3) is 0 Å². The maximum absolute atomic E-state index is 13.5. The highest BCUT2D eigenvalue weighted by molar-refractivity contribution is 14.1. The van der Waals surface area contributed by atoms with Gasteiger partial charge in [-0.25, -0.2) is 4.39 Å². The second-order valence-electron chi connectivity index (χ2n) is 5.05. The van der Waals surface area contributed by atoms with Crippen LogP contribution in [0.3, 0.4) is 0 Å². The van der Waals surface area contributed by atoms with Crippen molar-refractivity contribution in [1.82, 2.24) is 5.32 Å². The van der Waals surface area contributed by atoms with Gasteiger partial charge in [0.1, 0.15) is 5.82 Å². The van der Waals surface area contributed by atoms with E-state index in [1.807, 2.05) is 13.0 Å². The molecule has 1 N–H and O–H groups in total. The zero-order chi connectivity index (χ0) is 15.4. The highest BCUT2D eigenvalue weighted by atomic mass is 127. The molecule has 112 valence electrons. The summed E-state index contributed by atoms with van der Waals surface area (Å²) in [5, 5.41) is 3.51. The van der Waals surface area contributed by atoms with Crippen LogP contribution < -0.4 is 5.32 Å². The van der Waals surface area contributed by atoms with Gasteiger partial charge in [-0.15, -0.1) is 0 Å². The van der Waals surface area contributed by atoms with E-state index < -0.39 is 0 Å². The van der Waals surface area contributed by atoms with Crippen LogP contribution in [0.5, 0.6) is 0 Å². The summed E-state index contributed by atoms with van der Waals surface area (Å²) >= 11 is 5.95. The number of rotatable bonds is 5. The SMILES string of the molecule is CCNC(Cc1cc(F)ccc1C)c1cc(I)ccc1Br. The van der Waals surface area contributed by atoms with Gasteiger partial charge in [-0.2, -0.15) is 0 Å². The van der Waals surface area contributed by atoms with E-state index in [9.17, 15) is 4.39 Å². The lowest BCUT2D eigenvalue weighted by atomic mass is 9.96. The summed E-state index contributed by atoms with van der Waals surface area (Å²) < 4.78 is 15.8. The summed E-state index contributed by atoms with van der Waals surface area (Å²) in [4.78, 5) is 0. The molecule has 0 radical (unpaired) electrons. The third kappa shape index (κ3) is 4.50. The van der Waals surface area contributed by atoms with E-state index in [2.05, 4.69) is 69.0 Å². The van der Waals surface area contributed by atoms with Crippen molar-refractivity contribution in [2.75, 3.05) is 6.54 Å². The molecule has 2 aromatic carbocycles. The number of nitrogens with one attached hydrogen (secondary N) is 1. The molecule has 2 aromatic rings. The van der Waals surface area contributed by atoms with E-state index in [0.717, 1.165) is 28.6 Å². The van der Waals surface area contributed by atoms with Crippen molar-refractivity contribution in [1.29, 1.82) is 0 Å². The first-order valence-corrected chi connectivity index (χ1v) is 8.81. The molecule has 0 aliphatic heterocycles. The molecular weight excluding hydrogens is 444 g/mol. The van der Waals surface area contributed by atoms with Gasteiger partial charge in [0, 0.05) is 14.1 Å². The van der Waals surface area contributed by atoms with Crippen LogP contribution in [-0.2, 0) is 6.42 Å². The standard InChI is InChI=1S/C17H18BrFIN/c1-3-21-17(15-10-14(20)6-7-16(15)18)9-12-8-13(19)5-4-11(12)2/h4-8,10,17,21H,3,9H2,1-2H3. The van der Waals surface area contributed by atoms with Crippen LogP contribution in [0.25, 0.3) is 0 Å². The molecule has 1 unspecified atom stereocenters. The Hall–Kier alpha value is -0.460. The first kappa shape index (κ1) is 16.9. The number of hydrogen-bond donors (Lipinski definition) is 1. The van der Waals surface area contributed by atoms with Crippen LogP contribution in [0.2, 0.25) is 0 Å². The Labute approximate surface area is 147 Å². The van der Waals surface area contributed by atoms with Gasteiger partial charge in [0.2, 0.25) is 0 Å². The van der Waals surface area contributed by atoms with Gasteiger partial charge >= 0.3 is 0 Å². The summed E-state index contributed by atoms with van der Waals surface area (Å²) in [5.74, 6) is -0.174. The Bertz CT molecular complexity index is 630. The number of hydrogen-bond acceptors (Lipinski definition) is 1. The average molecular weight is 462 g/mol. The maximum atomic E-state index is 13.5. The number of aryl methyl sites for hydroxylation is 1. The fourth-order valence-corrected chi connectivity index (χ4v) is 3.44. The minimum atomic E-state index is -0.174. The molecule has 4 heteroatoms. The molecule has 21 heavy (non-hydrogen) atoms. The molecule has 1 atom stereocenters. The summed E-state index contributed by atoms with van der Waals surface area (Å²) in [7, 11) is 0. The molecule has 0 heterocycles. The third-order valence-electron chi connectivity index (χ3n) is 3.52. The molecule has 0 saturated carbocycles. The van der Waals surface area contributed by atoms with Crippen molar-refractivity contribution in [3.63, 3.8) is 0 Å². The van der Waals surface area contributed by atoms with Crippen molar-refractivity contribution in [3.05, 3.63) is 66.9 Å². The lowest BCUT2D eigenvalue weighted by Gasteiger charge is -2.21. The molecule has 0 bridgehead atoms. The van der Waals surface area contributed by atoms with Crippen LogP contribution >= 0.6 is 38.5 Å². The second-order valence-corrected chi connectivity index (χ2v) is 7.15. The van der Waals surface area contributed by atoms with Crippen LogP contribution in [0.4, 0.5) is 4.39 Å². The first-order valence-electron chi connectivity index (χ1n) is 6.94. The largest absolute Gasteiger partial charge is 0.310 e. The van der Waals surface area contributed by atoms with E-state index >= 15 is 0 Å². The van der Waals surface area contributed by atoms with Crippen molar-refractivity contribution >= 4 is 38.5 Å². The lowest BCUT2D eigenvalue weighted by Crippen LogP contribution is -2.23. The molecule has 0 amide bonds. The Kier molecular flexibility index (Phi) is 6.20. The van der Waals surface area contributed by atoms with Crippen LogP contribution in [0.1, 0.15) is 29.7 Å². The van der Waals surface area contributed by atoms with Gasteiger partial charge in [-0.3, -0.25) is 0 Å². The number of likely N-dealkylation sites (N-methyl/N-ethyl adjacent to an activating group) is 1. The summed E-state index contributed by atoms with van der Waals surface area (Å²) in [6, 6.07) is 11.5. The van der Waals surface area contributed by atoms with Crippen LogP contribution in [0, 0.1) is 16.3 Å². The van der Waals surface area contributed by atoms with E-state index in [1.54, 1.807) is 6.07 Å². The molecule has 0 aliphatic rings. The van der Waals surface area contributed by atoms with Gasteiger partial charge in [-0.05, 0) is 89.5 Å². The van der Waals surface area contributed by atoms with E-state index in [-0.39, 0.29) is 11.9 Å². The molecule has 0 saturated heterocycles. The highest BCUT2D eigenvalue weighted by Gasteiger charge is 2.16. The predicted molar refractivity (Wildman–Crippen MR) is 98.1 cm³/mol. The monoisotopic (exact) mass is 461 g/mol. The summed E-state index contributed by atoms with van der Waals surface area (Å²) in [6.45, 7) is 4.99. The van der Waals surface area contributed by atoms with E-state index in [4.69, 9.17) is 0 Å². The molecule has 0 aliphatic carbocycles. The summed E-state index contributed by atoms with van der Waals surface area (Å²) in [6.07, 6.45) is 0.774. The maximum Gasteiger partial charge on any atom is 0.123 e. The smallest absolute Gasteiger partial charge is 0.123 e. The van der Waals surface area contributed by atoms with Gasteiger partial charge < -0.3 is 5.32 Å². The number of benzene rings is 2. The molecular formula is C17H18BrFIN. The Morgan fingerprint density at radius 3 is 2.71 bits per heavy atom. The third-order valence-corrected chi connectivity index (χ3v) is 4.91. The van der Waals surface area contributed by atoms with Crippen molar-refractivity contribution in [2.45, 2.75) is 26.3 Å². The van der Waals surface area contributed by atoms with Gasteiger partial charge in [-0.1, -0.05) is 28.9 Å². The minimum absolute atomic E-state index is 0.166. The van der Waals surface area contributed by atoms with Crippen LogP contribution in [-0.4, -0.2) is 6.54 Å². The minimum Gasteiger partial charge on any atom is -0.310 e.